The number of nitrogens with zero attached hydrogens (tertiary/aromatic N) is 2. The normalized spacial score (nSPS) is 9.38. The van der Waals surface area contributed by atoms with Crippen LogP contribution in [-0.2, 0) is 4.79 Å². The maximum absolute atomic E-state index is 11.4. The molecule has 0 radical (unpaired) electrons. The summed E-state index contributed by atoms with van der Waals surface area (Å²) in [6.45, 7) is 3.73. The molecule has 0 unspecified atom stereocenters. The summed E-state index contributed by atoms with van der Waals surface area (Å²) < 4.78 is 0. The van der Waals surface area contributed by atoms with Crippen molar-refractivity contribution in [2.45, 2.75) is 0 Å². The molecule has 0 N–H and O–H groups in total. The summed E-state index contributed by atoms with van der Waals surface area (Å²) in [5.74, 6) is -0.0776. The maximum Gasteiger partial charge on any atom is 0.253 e. The van der Waals surface area contributed by atoms with Crippen molar-refractivity contribution in [2.24, 2.45) is 0 Å². The Morgan fingerprint density at radius 3 is 2.38 bits per heavy atom. The molecule has 0 aliphatic carbocycles. The van der Waals surface area contributed by atoms with Gasteiger partial charge in [0.2, 0.25) is 0 Å². The molecule has 0 saturated carbocycles. The van der Waals surface area contributed by atoms with E-state index >= 15 is 0 Å². The van der Waals surface area contributed by atoms with Gasteiger partial charge in [0.05, 0.1) is 0 Å². The minimum atomic E-state index is -0.0776. The van der Waals surface area contributed by atoms with Crippen LogP contribution < -0.4 is 0 Å². The molecular formula is C10H12N2O. The molecule has 1 rings (SSSR count). The van der Waals surface area contributed by atoms with Gasteiger partial charge in [0.1, 0.15) is 0 Å². The van der Waals surface area contributed by atoms with Crippen molar-refractivity contribution in [3.63, 3.8) is 0 Å². The van der Waals surface area contributed by atoms with Gasteiger partial charge in [-0.25, -0.2) is 0 Å². The van der Waals surface area contributed by atoms with Gasteiger partial charge in [-0.05, 0) is 17.7 Å². The van der Waals surface area contributed by atoms with Crippen molar-refractivity contribution in [2.75, 3.05) is 14.1 Å². The number of carbonyl (C=O) groups excluding carboxylic acids is 1. The van der Waals surface area contributed by atoms with Gasteiger partial charge in [-0.15, -0.1) is 0 Å². The van der Waals surface area contributed by atoms with Gasteiger partial charge < -0.3 is 4.90 Å². The molecule has 1 heterocycles. The Labute approximate surface area is 77.7 Å². The minimum Gasteiger partial charge on any atom is -0.345 e. The summed E-state index contributed by atoms with van der Waals surface area (Å²) in [5, 5.41) is 0. The summed E-state index contributed by atoms with van der Waals surface area (Å²) in [5.41, 5.74) is 1.31. The topological polar surface area (TPSA) is 33.2 Å². The number of pyridine rings is 1. The molecule has 0 aliphatic rings. The number of rotatable bonds is 2. The zero-order valence-electron chi connectivity index (χ0n) is 7.82. The summed E-state index contributed by atoms with van der Waals surface area (Å²) in [6, 6.07) is 3.54. The molecule has 13 heavy (non-hydrogen) atoms. The molecule has 0 aliphatic heterocycles. The second-order valence-electron chi connectivity index (χ2n) is 2.91. The second kappa shape index (κ2) is 3.85. The van der Waals surface area contributed by atoms with Gasteiger partial charge in [0.15, 0.2) is 0 Å². The predicted octanol–water partition coefficient (Wildman–Crippen LogP) is 1.18. The zero-order chi connectivity index (χ0) is 9.84. The van der Waals surface area contributed by atoms with E-state index < -0.39 is 0 Å². The third-order valence-electron chi connectivity index (χ3n) is 1.69. The molecule has 0 atom stereocenters. The van der Waals surface area contributed by atoms with Crippen LogP contribution in [0.25, 0.3) is 5.57 Å². The summed E-state index contributed by atoms with van der Waals surface area (Å²) in [6.07, 6.45) is 3.28. The molecule has 1 aromatic heterocycles. The van der Waals surface area contributed by atoms with E-state index in [4.69, 9.17) is 0 Å². The first-order valence-corrected chi connectivity index (χ1v) is 3.94. The third kappa shape index (κ3) is 2.15. The Kier molecular flexibility index (Phi) is 2.80. The first kappa shape index (κ1) is 9.45. The van der Waals surface area contributed by atoms with Crippen LogP contribution in [0, 0.1) is 0 Å². The maximum atomic E-state index is 11.4. The van der Waals surface area contributed by atoms with Crippen molar-refractivity contribution in [1.29, 1.82) is 0 Å². The Balaban J connectivity index is 2.87. The van der Waals surface area contributed by atoms with Gasteiger partial charge in [-0.2, -0.15) is 0 Å². The van der Waals surface area contributed by atoms with Gasteiger partial charge >= 0.3 is 0 Å². The summed E-state index contributed by atoms with van der Waals surface area (Å²) in [7, 11) is 3.41. The highest BCUT2D eigenvalue weighted by molar-refractivity contribution is 6.18. The number of carbonyl (C=O) groups is 1. The van der Waals surface area contributed by atoms with E-state index in [2.05, 4.69) is 11.6 Å². The standard InChI is InChI=1S/C10H12N2O/c1-8(10(13)12(2)3)9-4-6-11-7-5-9/h4-7H,1H2,2-3H3. The predicted molar refractivity (Wildman–Crippen MR) is 52.0 cm³/mol. The highest BCUT2D eigenvalue weighted by atomic mass is 16.2. The lowest BCUT2D eigenvalue weighted by atomic mass is 10.1. The molecule has 3 nitrogen and oxygen atoms in total. The lowest BCUT2D eigenvalue weighted by molar-refractivity contribution is -0.122. The molecule has 0 spiro atoms. The van der Waals surface area contributed by atoms with Gasteiger partial charge in [0.25, 0.3) is 5.91 Å². The molecular weight excluding hydrogens is 164 g/mol. The van der Waals surface area contributed by atoms with Crippen LogP contribution in [0.5, 0.6) is 0 Å². The Hall–Kier alpha value is -1.64. The van der Waals surface area contributed by atoms with E-state index in [9.17, 15) is 4.79 Å². The smallest absolute Gasteiger partial charge is 0.253 e. The fourth-order valence-corrected chi connectivity index (χ4v) is 0.946. The monoisotopic (exact) mass is 176 g/mol. The summed E-state index contributed by atoms with van der Waals surface area (Å²) >= 11 is 0. The van der Waals surface area contributed by atoms with Crippen LogP contribution in [0.1, 0.15) is 5.56 Å². The van der Waals surface area contributed by atoms with E-state index in [1.165, 1.54) is 4.90 Å². The highest BCUT2D eigenvalue weighted by Crippen LogP contribution is 2.12. The van der Waals surface area contributed by atoms with Crippen LogP contribution in [0.2, 0.25) is 0 Å². The molecule has 0 aromatic carbocycles. The van der Waals surface area contributed by atoms with Gasteiger partial charge in [-0.1, -0.05) is 6.58 Å². The number of amides is 1. The molecule has 0 saturated heterocycles. The second-order valence-corrected chi connectivity index (χ2v) is 2.91. The fraction of sp³-hybridized carbons (Fsp3) is 0.200. The zero-order valence-corrected chi connectivity index (χ0v) is 7.82. The molecule has 1 amide bonds. The fourth-order valence-electron chi connectivity index (χ4n) is 0.946. The van der Waals surface area contributed by atoms with Crippen molar-refractivity contribution in [3.8, 4) is 0 Å². The van der Waals surface area contributed by atoms with Crippen molar-refractivity contribution in [1.82, 2.24) is 9.88 Å². The van der Waals surface area contributed by atoms with Crippen LogP contribution in [0.3, 0.4) is 0 Å². The number of hydrogen-bond acceptors (Lipinski definition) is 2. The first-order valence-electron chi connectivity index (χ1n) is 3.94. The van der Waals surface area contributed by atoms with Crippen LogP contribution >= 0.6 is 0 Å². The molecule has 0 bridgehead atoms. The molecule has 0 fully saturated rings. The van der Waals surface area contributed by atoms with E-state index in [0.717, 1.165) is 5.56 Å². The van der Waals surface area contributed by atoms with Crippen LogP contribution in [0.15, 0.2) is 31.1 Å². The average Bonchev–Trinajstić information content (AvgIpc) is 2.17. The van der Waals surface area contributed by atoms with Crippen molar-refractivity contribution < 1.29 is 4.79 Å². The van der Waals surface area contributed by atoms with Crippen molar-refractivity contribution >= 4 is 11.5 Å². The number of hydrogen-bond donors (Lipinski definition) is 0. The van der Waals surface area contributed by atoms with Crippen molar-refractivity contribution in [3.05, 3.63) is 36.7 Å². The van der Waals surface area contributed by atoms with E-state index in [1.54, 1.807) is 38.6 Å². The molecule has 68 valence electrons. The third-order valence-corrected chi connectivity index (χ3v) is 1.69. The van der Waals surface area contributed by atoms with Gasteiger partial charge in [0, 0.05) is 32.1 Å². The number of aromatic nitrogens is 1. The minimum absolute atomic E-state index is 0.0776. The highest BCUT2D eigenvalue weighted by Gasteiger charge is 2.10. The first-order chi connectivity index (χ1) is 6.13. The SMILES string of the molecule is C=C(C(=O)N(C)C)c1ccncc1. The van der Waals surface area contributed by atoms with Crippen LogP contribution in [0.4, 0.5) is 0 Å². The Morgan fingerprint density at radius 2 is 1.92 bits per heavy atom. The van der Waals surface area contributed by atoms with E-state index in [-0.39, 0.29) is 5.91 Å². The van der Waals surface area contributed by atoms with E-state index in [1.807, 2.05) is 0 Å². The number of likely N-dealkylation sites (N-methyl/N-ethyl adjacent to an activating group) is 1. The van der Waals surface area contributed by atoms with E-state index in [0.29, 0.717) is 5.57 Å². The van der Waals surface area contributed by atoms with Gasteiger partial charge in [-0.3, -0.25) is 9.78 Å². The summed E-state index contributed by atoms with van der Waals surface area (Å²) in [4.78, 5) is 16.8. The lowest BCUT2D eigenvalue weighted by Gasteiger charge is -2.11. The quantitative estimate of drug-likeness (QED) is 0.634. The molecule has 1 aromatic rings. The molecule has 3 heteroatoms. The Morgan fingerprint density at radius 1 is 1.38 bits per heavy atom. The Bertz CT molecular complexity index is 317. The largest absolute Gasteiger partial charge is 0.345 e. The van der Waals surface area contributed by atoms with Crippen LogP contribution in [-0.4, -0.2) is 29.9 Å². The lowest BCUT2D eigenvalue weighted by Crippen LogP contribution is -2.22. The average molecular weight is 176 g/mol.